The highest BCUT2D eigenvalue weighted by molar-refractivity contribution is 5.91. The van der Waals surface area contributed by atoms with E-state index in [0.29, 0.717) is 17.8 Å². The van der Waals surface area contributed by atoms with Gasteiger partial charge in [-0.2, -0.15) is 0 Å². The van der Waals surface area contributed by atoms with Crippen LogP contribution in [0.2, 0.25) is 0 Å². The van der Waals surface area contributed by atoms with E-state index in [2.05, 4.69) is 50.2 Å². The van der Waals surface area contributed by atoms with E-state index in [9.17, 15) is 0 Å². The molecule has 7 rings (SSSR count). The van der Waals surface area contributed by atoms with E-state index in [4.69, 9.17) is 15.5 Å². The Bertz CT molecular complexity index is 1410. The Morgan fingerprint density at radius 3 is 2.83 bits per heavy atom. The molecular formula is C28H32N6O. The van der Waals surface area contributed by atoms with Gasteiger partial charge >= 0.3 is 0 Å². The third-order valence-electron chi connectivity index (χ3n) is 8.16. The van der Waals surface area contributed by atoms with Gasteiger partial charge < -0.3 is 20.4 Å². The molecule has 3 heterocycles. The Kier molecular flexibility index (Phi) is 5.03. The molecule has 2 atom stereocenters. The summed E-state index contributed by atoms with van der Waals surface area (Å²) in [5, 5.41) is 5.71. The second-order valence-electron chi connectivity index (χ2n) is 10.6. The summed E-state index contributed by atoms with van der Waals surface area (Å²) in [5.74, 6) is 3.84. The first-order valence-corrected chi connectivity index (χ1v) is 13.1. The van der Waals surface area contributed by atoms with Crippen molar-refractivity contribution in [2.24, 2.45) is 11.8 Å². The number of nitrogens with one attached hydrogen (secondary N) is 1. The third-order valence-corrected chi connectivity index (χ3v) is 8.16. The Labute approximate surface area is 205 Å². The summed E-state index contributed by atoms with van der Waals surface area (Å²) >= 11 is 0. The number of ether oxygens (including phenoxy) is 1. The molecule has 4 aromatic rings. The monoisotopic (exact) mass is 468 g/mol. The molecule has 7 nitrogen and oxygen atoms in total. The van der Waals surface area contributed by atoms with E-state index in [1.54, 1.807) is 6.33 Å². The van der Waals surface area contributed by atoms with Gasteiger partial charge in [0.25, 0.3) is 0 Å². The van der Waals surface area contributed by atoms with E-state index >= 15 is 0 Å². The first-order chi connectivity index (χ1) is 17.2. The standard InChI is InChI=1S/C28H32N6O/c29-27-26-22-2-1-3-24(22)34(28(26)32-16-31-27)20-9-6-18(12-20)15-35-21-10-7-19-8-11-25(33-23(19)13-21)30-14-17-4-5-17/h7-8,10-11,13,16-18,20H,1-6,9,12,14-15H2,(H,30,33)(H2,29,31,32). The van der Waals surface area contributed by atoms with Gasteiger partial charge in [0.15, 0.2) is 0 Å². The van der Waals surface area contributed by atoms with E-state index in [-0.39, 0.29) is 0 Å². The zero-order valence-electron chi connectivity index (χ0n) is 20.0. The van der Waals surface area contributed by atoms with Crippen LogP contribution in [0.3, 0.4) is 0 Å². The molecule has 2 fully saturated rings. The number of aryl methyl sites for hydroxylation is 1. The van der Waals surface area contributed by atoms with Gasteiger partial charge in [-0.1, -0.05) is 0 Å². The predicted molar refractivity (Wildman–Crippen MR) is 139 cm³/mol. The van der Waals surface area contributed by atoms with Crippen molar-refractivity contribution >= 4 is 33.6 Å². The summed E-state index contributed by atoms with van der Waals surface area (Å²) in [4.78, 5) is 13.7. The van der Waals surface area contributed by atoms with Crippen LogP contribution in [0.4, 0.5) is 11.6 Å². The highest BCUT2D eigenvalue weighted by Gasteiger charge is 2.33. The van der Waals surface area contributed by atoms with Crippen molar-refractivity contribution in [1.29, 1.82) is 0 Å². The third kappa shape index (κ3) is 3.87. The van der Waals surface area contributed by atoms with Crippen LogP contribution in [0.1, 0.15) is 55.8 Å². The molecular weight excluding hydrogens is 436 g/mol. The molecule has 0 amide bonds. The van der Waals surface area contributed by atoms with Crippen molar-refractivity contribution in [3.63, 3.8) is 0 Å². The predicted octanol–water partition coefficient (Wildman–Crippen LogP) is 5.29. The van der Waals surface area contributed by atoms with Crippen LogP contribution >= 0.6 is 0 Å². The largest absolute Gasteiger partial charge is 0.493 e. The zero-order chi connectivity index (χ0) is 23.4. The topological polar surface area (TPSA) is 90.9 Å². The molecule has 0 spiro atoms. The molecule has 2 unspecified atom stereocenters. The number of nitrogen functional groups attached to an aromatic ring is 1. The van der Waals surface area contributed by atoms with Crippen molar-refractivity contribution in [3.05, 3.63) is 47.9 Å². The van der Waals surface area contributed by atoms with Crippen LogP contribution < -0.4 is 15.8 Å². The van der Waals surface area contributed by atoms with Gasteiger partial charge in [-0.05, 0) is 93.0 Å². The van der Waals surface area contributed by atoms with Crippen molar-refractivity contribution in [3.8, 4) is 5.75 Å². The summed E-state index contributed by atoms with van der Waals surface area (Å²) in [5.41, 5.74) is 11.1. The van der Waals surface area contributed by atoms with Crippen LogP contribution in [0.25, 0.3) is 21.9 Å². The average molecular weight is 469 g/mol. The van der Waals surface area contributed by atoms with Gasteiger partial charge in [-0.15, -0.1) is 0 Å². The minimum absolute atomic E-state index is 0.459. The average Bonchev–Trinajstić information content (AvgIpc) is 3.23. The molecule has 3 aliphatic rings. The Balaban J connectivity index is 1.05. The fourth-order valence-electron chi connectivity index (χ4n) is 6.15. The molecule has 0 saturated heterocycles. The number of hydrogen-bond donors (Lipinski definition) is 2. The second kappa shape index (κ2) is 8.40. The number of pyridine rings is 1. The summed E-state index contributed by atoms with van der Waals surface area (Å²) in [6.07, 6.45) is 11.1. The molecule has 1 aromatic carbocycles. The first kappa shape index (κ1) is 21.0. The van der Waals surface area contributed by atoms with Gasteiger partial charge in [-0.25, -0.2) is 15.0 Å². The molecule has 7 heteroatoms. The maximum Gasteiger partial charge on any atom is 0.146 e. The SMILES string of the molecule is Nc1ncnc2c1c1c(n2C2CCC(COc3ccc4ccc(NCC5CC5)nc4c3)C2)CCC1. The minimum Gasteiger partial charge on any atom is -0.493 e. The molecule has 3 N–H and O–H groups in total. The number of anilines is 2. The number of hydrogen-bond acceptors (Lipinski definition) is 6. The van der Waals surface area contributed by atoms with Crippen molar-refractivity contribution in [2.45, 2.75) is 57.4 Å². The number of rotatable bonds is 7. The van der Waals surface area contributed by atoms with E-state index in [0.717, 1.165) is 78.3 Å². The van der Waals surface area contributed by atoms with Crippen LogP contribution in [0.5, 0.6) is 5.75 Å². The summed E-state index contributed by atoms with van der Waals surface area (Å²) < 4.78 is 8.79. The van der Waals surface area contributed by atoms with Crippen molar-refractivity contribution in [2.75, 3.05) is 24.2 Å². The molecule has 0 aliphatic heterocycles. The molecule has 0 radical (unpaired) electrons. The van der Waals surface area contributed by atoms with Crippen molar-refractivity contribution in [1.82, 2.24) is 19.5 Å². The van der Waals surface area contributed by atoms with Gasteiger partial charge in [-0.3, -0.25) is 0 Å². The Hall–Kier alpha value is -3.35. The maximum atomic E-state index is 6.30. The summed E-state index contributed by atoms with van der Waals surface area (Å²) in [6.45, 7) is 1.76. The van der Waals surface area contributed by atoms with Gasteiger partial charge in [0.1, 0.15) is 29.4 Å². The second-order valence-corrected chi connectivity index (χ2v) is 10.6. The van der Waals surface area contributed by atoms with Crippen LogP contribution in [-0.2, 0) is 12.8 Å². The summed E-state index contributed by atoms with van der Waals surface area (Å²) in [6, 6.07) is 10.9. The Morgan fingerprint density at radius 1 is 1.03 bits per heavy atom. The number of nitrogens with two attached hydrogens (primary N) is 1. The zero-order valence-corrected chi connectivity index (χ0v) is 20.0. The highest BCUT2D eigenvalue weighted by Crippen LogP contribution is 2.43. The number of benzene rings is 1. The lowest BCUT2D eigenvalue weighted by Crippen LogP contribution is -2.12. The van der Waals surface area contributed by atoms with Crippen molar-refractivity contribution < 1.29 is 4.74 Å². The first-order valence-electron chi connectivity index (χ1n) is 13.1. The lowest BCUT2D eigenvalue weighted by atomic mass is 10.1. The number of aromatic nitrogens is 4. The molecule has 0 bridgehead atoms. The van der Waals surface area contributed by atoms with E-state index in [1.165, 1.54) is 36.9 Å². The van der Waals surface area contributed by atoms with E-state index in [1.807, 2.05) is 0 Å². The highest BCUT2D eigenvalue weighted by atomic mass is 16.5. The fraction of sp³-hybridized carbons (Fsp3) is 0.464. The minimum atomic E-state index is 0.459. The number of fused-ring (bicyclic) bond motifs is 4. The molecule has 180 valence electrons. The Morgan fingerprint density at radius 2 is 1.91 bits per heavy atom. The molecule has 2 saturated carbocycles. The maximum absolute atomic E-state index is 6.30. The fourth-order valence-corrected chi connectivity index (χ4v) is 6.15. The van der Waals surface area contributed by atoms with Crippen LogP contribution in [-0.4, -0.2) is 32.7 Å². The van der Waals surface area contributed by atoms with E-state index < -0.39 is 0 Å². The van der Waals surface area contributed by atoms with Crippen LogP contribution in [0.15, 0.2) is 36.7 Å². The smallest absolute Gasteiger partial charge is 0.146 e. The molecule has 3 aromatic heterocycles. The lowest BCUT2D eigenvalue weighted by molar-refractivity contribution is 0.248. The lowest BCUT2D eigenvalue weighted by Gasteiger charge is -2.18. The quantitative estimate of drug-likeness (QED) is 0.383. The normalized spacial score (nSPS) is 21.6. The van der Waals surface area contributed by atoms with Gasteiger partial charge in [0.2, 0.25) is 0 Å². The molecule has 35 heavy (non-hydrogen) atoms. The van der Waals surface area contributed by atoms with Crippen LogP contribution in [0, 0.1) is 11.8 Å². The molecule has 3 aliphatic carbocycles. The van der Waals surface area contributed by atoms with Gasteiger partial charge in [0.05, 0.1) is 17.5 Å². The van der Waals surface area contributed by atoms with Gasteiger partial charge in [0, 0.05) is 29.7 Å². The number of nitrogens with zero attached hydrogens (tertiary/aromatic N) is 4. The summed E-state index contributed by atoms with van der Waals surface area (Å²) in [7, 11) is 0.